The molecule has 0 saturated heterocycles. The van der Waals surface area contributed by atoms with Crippen LogP contribution in [0.4, 0.5) is 11.6 Å². The highest BCUT2D eigenvalue weighted by atomic mass is 35.5. The molecule has 3 N–H and O–H groups in total. The Morgan fingerprint density at radius 3 is 2.72 bits per heavy atom. The van der Waals surface area contributed by atoms with E-state index in [4.69, 9.17) is 17.3 Å². The SMILES string of the molecule is Cn1cnc(N)c1S(=O)(=O)Nc1ccnc(Cl)n1. The number of hydrogen-bond donors (Lipinski definition) is 2. The molecule has 2 rings (SSSR count). The number of aromatic nitrogens is 4. The molecule has 0 unspecified atom stereocenters. The van der Waals surface area contributed by atoms with Gasteiger partial charge in [-0.15, -0.1) is 0 Å². The van der Waals surface area contributed by atoms with Gasteiger partial charge in [0.2, 0.25) is 5.28 Å². The molecule has 0 radical (unpaired) electrons. The number of aryl methyl sites for hydroxylation is 1. The molecule has 2 aromatic rings. The number of rotatable bonds is 3. The molecule has 0 saturated carbocycles. The van der Waals surface area contributed by atoms with Crippen LogP contribution in [0.5, 0.6) is 0 Å². The van der Waals surface area contributed by atoms with Crippen molar-refractivity contribution < 1.29 is 8.42 Å². The number of halogens is 1. The molecule has 10 heteroatoms. The molecule has 2 heterocycles. The maximum absolute atomic E-state index is 12.1. The van der Waals surface area contributed by atoms with E-state index in [1.54, 1.807) is 0 Å². The minimum absolute atomic E-state index is 0.0515. The van der Waals surface area contributed by atoms with Gasteiger partial charge >= 0.3 is 0 Å². The van der Waals surface area contributed by atoms with Gasteiger partial charge in [0, 0.05) is 13.2 Å². The Hall–Kier alpha value is -1.87. The number of sulfonamides is 1. The molecule has 0 aliphatic rings. The zero-order chi connectivity index (χ0) is 13.3. The van der Waals surface area contributed by atoms with E-state index in [1.165, 1.54) is 30.2 Å². The molecule has 0 aromatic carbocycles. The fourth-order valence-electron chi connectivity index (χ4n) is 1.34. The number of imidazole rings is 1. The van der Waals surface area contributed by atoms with Crippen molar-refractivity contribution in [2.75, 3.05) is 10.5 Å². The highest BCUT2D eigenvalue weighted by Crippen LogP contribution is 2.19. The van der Waals surface area contributed by atoms with E-state index >= 15 is 0 Å². The summed E-state index contributed by atoms with van der Waals surface area (Å²) in [6, 6.07) is 1.37. The summed E-state index contributed by atoms with van der Waals surface area (Å²) in [5, 5.41) is -0.203. The van der Waals surface area contributed by atoms with Crippen molar-refractivity contribution in [2.24, 2.45) is 7.05 Å². The summed E-state index contributed by atoms with van der Waals surface area (Å²) >= 11 is 5.56. The first-order chi connectivity index (χ1) is 8.40. The Balaban J connectivity index is 2.39. The fourth-order valence-corrected chi connectivity index (χ4v) is 2.73. The van der Waals surface area contributed by atoms with Crippen LogP contribution in [0.3, 0.4) is 0 Å². The van der Waals surface area contributed by atoms with E-state index in [2.05, 4.69) is 19.7 Å². The maximum atomic E-state index is 12.1. The maximum Gasteiger partial charge on any atom is 0.282 e. The molecule has 0 spiro atoms. The molecular weight excluding hydrogens is 280 g/mol. The molecule has 0 amide bonds. The van der Waals surface area contributed by atoms with E-state index in [1.807, 2.05) is 0 Å². The Bertz CT molecular complexity index is 663. The van der Waals surface area contributed by atoms with E-state index in [0.717, 1.165) is 0 Å². The number of nitrogens with zero attached hydrogens (tertiary/aromatic N) is 4. The van der Waals surface area contributed by atoms with Crippen molar-refractivity contribution in [2.45, 2.75) is 5.03 Å². The van der Waals surface area contributed by atoms with E-state index in [0.29, 0.717) is 0 Å². The van der Waals surface area contributed by atoms with Gasteiger partial charge in [-0.25, -0.2) is 9.97 Å². The topological polar surface area (TPSA) is 116 Å². The summed E-state index contributed by atoms with van der Waals surface area (Å²) in [6.45, 7) is 0. The van der Waals surface area contributed by atoms with Crippen LogP contribution in [-0.2, 0) is 17.1 Å². The highest BCUT2D eigenvalue weighted by Gasteiger charge is 2.22. The van der Waals surface area contributed by atoms with Gasteiger partial charge in [-0.3, -0.25) is 4.72 Å². The number of anilines is 2. The molecule has 0 fully saturated rings. The smallest absolute Gasteiger partial charge is 0.282 e. The lowest BCUT2D eigenvalue weighted by Gasteiger charge is -2.07. The molecular formula is C8H9ClN6O2S. The summed E-state index contributed by atoms with van der Waals surface area (Å²) in [4.78, 5) is 11.1. The first-order valence-corrected chi connectivity index (χ1v) is 6.54. The lowest BCUT2D eigenvalue weighted by molar-refractivity contribution is 0.591. The monoisotopic (exact) mass is 288 g/mol. The largest absolute Gasteiger partial charge is 0.381 e. The van der Waals surface area contributed by atoms with Gasteiger partial charge in [0.05, 0.1) is 6.33 Å². The molecule has 18 heavy (non-hydrogen) atoms. The van der Waals surface area contributed by atoms with E-state index < -0.39 is 10.0 Å². The van der Waals surface area contributed by atoms with Gasteiger partial charge in [-0.05, 0) is 17.7 Å². The van der Waals surface area contributed by atoms with Crippen molar-refractivity contribution >= 4 is 33.3 Å². The standard InChI is InChI=1S/C8H9ClN6O2S/c1-15-4-12-6(10)7(15)18(16,17)14-5-2-3-11-8(9)13-5/h2-4H,10H2,1H3,(H,11,13,14). The Morgan fingerprint density at radius 1 is 1.44 bits per heavy atom. The molecule has 0 aliphatic heterocycles. The Labute approximate surface area is 108 Å². The predicted molar refractivity (Wildman–Crippen MR) is 65.5 cm³/mol. The van der Waals surface area contributed by atoms with Crippen molar-refractivity contribution in [1.29, 1.82) is 0 Å². The molecule has 8 nitrogen and oxygen atoms in total. The number of hydrogen-bond acceptors (Lipinski definition) is 6. The van der Waals surface area contributed by atoms with Crippen molar-refractivity contribution in [3.8, 4) is 0 Å². The van der Waals surface area contributed by atoms with Crippen LogP contribution < -0.4 is 10.5 Å². The quantitative estimate of drug-likeness (QED) is 0.782. The van der Waals surface area contributed by atoms with Crippen molar-refractivity contribution in [3.05, 3.63) is 23.9 Å². The van der Waals surface area contributed by atoms with Crippen LogP contribution in [0, 0.1) is 0 Å². The van der Waals surface area contributed by atoms with Crippen molar-refractivity contribution in [1.82, 2.24) is 19.5 Å². The Morgan fingerprint density at radius 2 is 2.17 bits per heavy atom. The molecule has 2 aromatic heterocycles. The van der Waals surface area contributed by atoms with Crippen LogP contribution in [0.2, 0.25) is 5.28 Å². The third-order valence-corrected chi connectivity index (χ3v) is 3.70. The van der Waals surface area contributed by atoms with E-state index in [-0.39, 0.29) is 21.9 Å². The average molecular weight is 289 g/mol. The minimum Gasteiger partial charge on any atom is -0.381 e. The van der Waals surface area contributed by atoms with Gasteiger partial charge in [-0.2, -0.15) is 13.4 Å². The normalized spacial score (nSPS) is 11.4. The van der Waals surface area contributed by atoms with Gasteiger partial charge in [0.25, 0.3) is 10.0 Å². The molecule has 96 valence electrons. The lowest BCUT2D eigenvalue weighted by atomic mass is 10.6. The summed E-state index contributed by atoms with van der Waals surface area (Å²) in [5.74, 6) is -0.0410. The summed E-state index contributed by atoms with van der Waals surface area (Å²) in [5.41, 5.74) is 5.50. The predicted octanol–water partition coefficient (Wildman–Crippen LogP) is 0.246. The van der Waals surface area contributed by atoms with Gasteiger partial charge in [0.15, 0.2) is 10.8 Å². The lowest BCUT2D eigenvalue weighted by Crippen LogP contribution is -2.18. The second-order valence-electron chi connectivity index (χ2n) is 3.36. The molecule has 0 atom stereocenters. The Kier molecular flexibility index (Phi) is 3.09. The first kappa shape index (κ1) is 12.6. The van der Waals surface area contributed by atoms with Crippen LogP contribution >= 0.6 is 11.6 Å². The number of nitrogen functional groups attached to an aromatic ring is 1. The van der Waals surface area contributed by atoms with Crippen LogP contribution in [0.1, 0.15) is 0 Å². The fraction of sp³-hybridized carbons (Fsp3) is 0.125. The zero-order valence-electron chi connectivity index (χ0n) is 9.20. The summed E-state index contributed by atoms with van der Waals surface area (Å²) in [7, 11) is -2.35. The summed E-state index contributed by atoms with van der Waals surface area (Å²) in [6.07, 6.45) is 2.64. The minimum atomic E-state index is -3.87. The van der Waals surface area contributed by atoms with Gasteiger partial charge in [-0.1, -0.05) is 0 Å². The number of nitrogens with one attached hydrogen (secondary N) is 1. The van der Waals surface area contributed by atoms with Crippen LogP contribution in [-0.4, -0.2) is 27.9 Å². The van der Waals surface area contributed by atoms with E-state index in [9.17, 15) is 8.42 Å². The zero-order valence-corrected chi connectivity index (χ0v) is 10.8. The summed E-state index contributed by atoms with van der Waals surface area (Å²) < 4.78 is 27.7. The van der Waals surface area contributed by atoms with Crippen LogP contribution in [0.25, 0.3) is 0 Å². The molecule has 0 bridgehead atoms. The second kappa shape index (κ2) is 4.42. The van der Waals surface area contributed by atoms with Gasteiger partial charge in [0.1, 0.15) is 5.82 Å². The third-order valence-electron chi connectivity index (χ3n) is 2.03. The second-order valence-corrected chi connectivity index (χ2v) is 5.30. The highest BCUT2D eigenvalue weighted by molar-refractivity contribution is 7.92. The number of nitrogens with two attached hydrogens (primary N) is 1. The van der Waals surface area contributed by atoms with Crippen LogP contribution in [0.15, 0.2) is 23.6 Å². The first-order valence-electron chi connectivity index (χ1n) is 4.68. The average Bonchev–Trinajstić information content (AvgIpc) is 2.58. The van der Waals surface area contributed by atoms with Crippen molar-refractivity contribution in [3.63, 3.8) is 0 Å². The third kappa shape index (κ3) is 2.36. The van der Waals surface area contributed by atoms with Gasteiger partial charge < -0.3 is 10.3 Å². The molecule has 0 aliphatic carbocycles.